The first kappa shape index (κ1) is 17.7. The second-order valence-corrected chi connectivity index (χ2v) is 6.39. The van der Waals surface area contributed by atoms with Gasteiger partial charge in [-0.2, -0.15) is 0 Å². The maximum atomic E-state index is 14.0. The summed E-state index contributed by atoms with van der Waals surface area (Å²) in [5.74, 6) is 0.510. The van der Waals surface area contributed by atoms with Crippen molar-refractivity contribution < 1.29 is 13.9 Å². The Morgan fingerprint density at radius 3 is 2.48 bits per heavy atom. The van der Waals surface area contributed by atoms with E-state index in [2.05, 4.69) is 31.2 Å². The number of halogens is 1. The standard InChI is InChI=1S/C22H25FO2/c1-3-5-16-6-12-21(25-15-16)18-9-7-17(8-10-18)19-11-13-22(24-4-2)20(23)14-19/h3,5,7-11,13-14,16,21H,4,6,12,15H2,1-2H3/b5-3+. The van der Waals surface area contributed by atoms with E-state index >= 15 is 0 Å². The van der Waals surface area contributed by atoms with Crippen LogP contribution in [0.25, 0.3) is 11.1 Å². The largest absolute Gasteiger partial charge is 0.491 e. The molecular weight excluding hydrogens is 315 g/mol. The molecule has 3 rings (SSSR count). The monoisotopic (exact) mass is 340 g/mol. The van der Waals surface area contributed by atoms with Crippen LogP contribution in [0.5, 0.6) is 5.75 Å². The van der Waals surface area contributed by atoms with Crippen molar-refractivity contribution in [1.82, 2.24) is 0 Å². The molecule has 2 aromatic rings. The van der Waals surface area contributed by atoms with Crippen molar-refractivity contribution in [3.63, 3.8) is 0 Å². The maximum absolute atomic E-state index is 14.0. The van der Waals surface area contributed by atoms with Crippen LogP contribution < -0.4 is 4.74 Å². The fourth-order valence-electron chi connectivity index (χ4n) is 3.30. The topological polar surface area (TPSA) is 18.5 Å². The molecule has 0 amide bonds. The van der Waals surface area contributed by atoms with Crippen LogP contribution in [-0.4, -0.2) is 13.2 Å². The lowest BCUT2D eigenvalue weighted by Gasteiger charge is -2.27. The van der Waals surface area contributed by atoms with Crippen molar-refractivity contribution in [2.75, 3.05) is 13.2 Å². The molecule has 3 heteroatoms. The van der Waals surface area contributed by atoms with Crippen LogP contribution in [-0.2, 0) is 4.74 Å². The van der Waals surface area contributed by atoms with Gasteiger partial charge in [0.05, 0.1) is 19.3 Å². The van der Waals surface area contributed by atoms with Gasteiger partial charge in [0.1, 0.15) is 0 Å². The second kappa shape index (κ2) is 8.30. The molecule has 0 spiro atoms. The molecule has 0 radical (unpaired) electrons. The van der Waals surface area contributed by atoms with Crippen LogP contribution >= 0.6 is 0 Å². The number of allylic oxidation sites excluding steroid dienone is 1. The van der Waals surface area contributed by atoms with E-state index in [1.54, 1.807) is 6.07 Å². The lowest BCUT2D eigenvalue weighted by Crippen LogP contribution is -2.19. The van der Waals surface area contributed by atoms with Crippen LogP contribution in [0.15, 0.2) is 54.6 Å². The minimum atomic E-state index is -0.325. The van der Waals surface area contributed by atoms with Crippen LogP contribution in [0, 0.1) is 11.7 Å². The van der Waals surface area contributed by atoms with Crippen molar-refractivity contribution in [2.45, 2.75) is 32.8 Å². The highest BCUT2D eigenvalue weighted by atomic mass is 19.1. The summed E-state index contributed by atoms with van der Waals surface area (Å²) in [7, 11) is 0. The maximum Gasteiger partial charge on any atom is 0.165 e. The van der Waals surface area contributed by atoms with E-state index in [0.717, 1.165) is 30.6 Å². The first-order chi connectivity index (χ1) is 12.2. The first-order valence-corrected chi connectivity index (χ1v) is 8.98. The third-order valence-corrected chi connectivity index (χ3v) is 4.62. The third-order valence-electron chi connectivity index (χ3n) is 4.62. The highest BCUT2D eigenvalue weighted by Gasteiger charge is 2.21. The molecule has 1 fully saturated rings. The molecule has 1 heterocycles. The summed E-state index contributed by atoms with van der Waals surface area (Å²) in [5.41, 5.74) is 3.03. The molecule has 1 aliphatic heterocycles. The number of hydrogen-bond donors (Lipinski definition) is 0. The van der Waals surface area contributed by atoms with Gasteiger partial charge < -0.3 is 9.47 Å². The Hall–Kier alpha value is -2.13. The van der Waals surface area contributed by atoms with Crippen molar-refractivity contribution in [1.29, 1.82) is 0 Å². The van der Waals surface area contributed by atoms with E-state index in [-0.39, 0.29) is 11.9 Å². The predicted molar refractivity (Wildman–Crippen MR) is 99.2 cm³/mol. The number of rotatable bonds is 5. The average molecular weight is 340 g/mol. The lowest BCUT2D eigenvalue weighted by molar-refractivity contribution is -0.00524. The molecule has 1 saturated heterocycles. The zero-order chi connectivity index (χ0) is 17.6. The Bertz CT molecular complexity index is 713. The van der Waals surface area contributed by atoms with Gasteiger partial charge in [0.25, 0.3) is 0 Å². The normalized spacial score (nSPS) is 20.8. The van der Waals surface area contributed by atoms with E-state index < -0.39 is 0 Å². The minimum Gasteiger partial charge on any atom is -0.491 e. The Morgan fingerprint density at radius 2 is 1.88 bits per heavy atom. The van der Waals surface area contributed by atoms with Crippen LogP contribution in [0.4, 0.5) is 4.39 Å². The number of hydrogen-bond acceptors (Lipinski definition) is 2. The van der Waals surface area contributed by atoms with Gasteiger partial charge >= 0.3 is 0 Å². The van der Waals surface area contributed by atoms with Gasteiger partial charge in [-0.1, -0.05) is 42.5 Å². The average Bonchev–Trinajstić information content (AvgIpc) is 2.65. The molecule has 0 aliphatic carbocycles. The van der Waals surface area contributed by atoms with Gasteiger partial charge in [0.2, 0.25) is 0 Å². The molecule has 1 aliphatic rings. The van der Waals surface area contributed by atoms with Gasteiger partial charge in [-0.3, -0.25) is 0 Å². The van der Waals surface area contributed by atoms with E-state index in [1.165, 1.54) is 11.6 Å². The summed E-state index contributed by atoms with van der Waals surface area (Å²) >= 11 is 0. The van der Waals surface area contributed by atoms with Crippen molar-refractivity contribution >= 4 is 0 Å². The molecule has 25 heavy (non-hydrogen) atoms. The third kappa shape index (κ3) is 4.29. The van der Waals surface area contributed by atoms with Crippen LogP contribution in [0.2, 0.25) is 0 Å². The van der Waals surface area contributed by atoms with Gasteiger partial charge in [0.15, 0.2) is 11.6 Å². The zero-order valence-corrected chi connectivity index (χ0v) is 14.9. The van der Waals surface area contributed by atoms with E-state index in [9.17, 15) is 4.39 Å². The predicted octanol–water partition coefficient (Wildman–Crippen LogP) is 5.94. The quantitative estimate of drug-likeness (QED) is 0.628. The first-order valence-electron chi connectivity index (χ1n) is 8.98. The van der Waals surface area contributed by atoms with Crippen molar-refractivity contribution in [3.8, 4) is 16.9 Å². The number of ether oxygens (including phenoxy) is 2. The fourth-order valence-corrected chi connectivity index (χ4v) is 3.30. The highest BCUT2D eigenvalue weighted by Crippen LogP contribution is 2.33. The minimum absolute atomic E-state index is 0.160. The summed E-state index contributed by atoms with van der Waals surface area (Å²) in [6.07, 6.45) is 6.67. The molecule has 132 valence electrons. The Kier molecular flexibility index (Phi) is 5.87. The summed E-state index contributed by atoms with van der Waals surface area (Å²) in [6, 6.07) is 13.3. The smallest absolute Gasteiger partial charge is 0.165 e. The molecule has 2 nitrogen and oxygen atoms in total. The van der Waals surface area contributed by atoms with E-state index in [0.29, 0.717) is 18.3 Å². The van der Waals surface area contributed by atoms with Gasteiger partial charge in [0, 0.05) is 5.92 Å². The molecule has 0 saturated carbocycles. The summed E-state index contributed by atoms with van der Waals surface area (Å²) in [6.45, 7) is 5.14. The van der Waals surface area contributed by atoms with E-state index in [1.807, 2.05) is 25.1 Å². The summed E-state index contributed by atoms with van der Waals surface area (Å²) < 4.78 is 25.3. The van der Waals surface area contributed by atoms with E-state index in [4.69, 9.17) is 9.47 Å². The van der Waals surface area contributed by atoms with Crippen molar-refractivity contribution in [2.24, 2.45) is 5.92 Å². The Balaban J connectivity index is 1.69. The molecular formula is C22H25FO2. The fraction of sp³-hybridized carbons (Fsp3) is 0.364. The van der Waals surface area contributed by atoms with Crippen LogP contribution in [0.3, 0.4) is 0 Å². The zero-order valence-electron chi connectivity index (χ0n) is 14.9. The molecule has 2 aromatic carbocycles. The number of benzene rings is 2. The molecule has 0 N–H and O–H groups in total. The molecule has 2 atom stereocenters. The molecule has 2 unspecified atom stereocenters. The second-order valence-electron chi connectivity index (χ2n) is 6.39. The highest BCUT2D eigenvalue weighted by molar-refractivity contribution is 5.64. The van der Waals surface area contributed by atoms with Gasteiger partial charge in [-0.05, 0) is 55.5 Å². The molecule has 0 aromatic heterocycles. The van der Waals surface area contributed by atoms with Gasteiger partial charge in [-0.15, -0.1) is 0 Å². The molecule has 0 bridgehead atoms. The Morgan fingerprint density at radius 1 is 1.12 bits per heavy atom. The SMILES string of the molecule is C/C=C/C1CCC(c2ccc(-c3ccc(OCC)c(F)c3)cc2)OC1. The Labute approximate surface area is 149 Å². The lowest BCUT2D eigenvalue weighted by atomic mass is 9.93. The van der Waals surface area contributed by atoms with Gasteiger partial charge in [-0.25, -0.2) is 4.39 Å². The van der Waals surface area contributed by atoms with Crippen molar-refractivity contribution in [3.05, 3.63) is 66.0 Å². The van der Waals surface area contributed by atoms with Crippen LogP contribution in [0.1, 0.15) is 38.4 Å². The summed E-state index contributed by atoms with van der Waals surface area (Å²) in [5, 5.41) is 0. The summed E-state index contributed by atoms with van der Waals surface area (Å²) in [4.78, 5) is 0.